The van der Waals surface area contributed by atoms with Crippen LogP contribution in [0.25, 0.3) is 0 Å². The number of pyridine rings is 1. The van der Waals surface area contributed by atoms with Gasteiger partial charge in [0.05, 0.1) is 5.56 Å². The maximum Gasteiger partial charge on any atom is 0.254 e. The molecule has 5 nitrogen and oxygen atoms in total. The Kier molecular flexibility index (Phi) is 6.11. The second-order valence-corrected chi connectivity index (χ2v) is 5.26. The van der Waals surface area contributed by atoms with Crippen LogP contribution >= 0.6 is 11.6 Å². The highest BCUT2D eigenvalue weighted by Gasteiger charge is 2.10. The minimum Gasteiger partial charge on any atom is -0.350 e. The van der Waals surface area contributed by atoms with Crippen LogP contribution in [-0.2, 0) is 6.42 Å². The van der Waals surface area contributed by atoms with Crippen molar-refractivity contribution in [2.45, 2.75) is 13.3 Å². The molecule has 0 bridgehead atoms. The summed E-state index contributed by atoms with van der Waals surface area (Å²) in [5.41, 5.74) is 2.10. The molecule has 6 heteroatoms. The van der Waals surface area contributed by atoms with Gasteiger partial charge in [-0.1, -0.05) is 30.7 Å². The third-order valence-electron chi connectivity index (χ3n) is 3.32. The van der Waals surface area contributed by atoms with Gasteiger partial charge in [0, 0.05) is 24.8 Å². The van der Waals surface area contributed by atoms with Crippen LogP contribution < -0.4 is 10.6 Å². The Morgan fingerprint density at radius 1 is 1.04 bits per heavy atom. The zero-order valence-corrected chi connectivity index (χ0v) is 13.6. The second-order valence-electron chi connectivity index (χ2n) is 4.90. The van der Waals surface area contributed by atoms with Crippen molar-refractivity contribution in [3.8, 4) is 0 Å². The lowest BCUT2D eigenvalue weighted by Crippen LogP contribution is -2.34. The molecule has 0 unspecified atom stereocenters. The normalized spacial score (nSPS) is 10.2. The summed E-state index contributed by atoms with van der Waals surface area (Å²) in [6.45, 7) is 2.70. The van der Waals surface area contributed by atoms with Gasteiger partial charge in [-0.15, -0.1) is 0 Å². The van der Waals surface area contributed by atoms with E-state index >= 15 is 0 Å². The van der Waals surface area contributed by atoms with Gasteiger partial charge in [0.1, 0.15) is 5.15 Å². The summed E-state index contributed by atoms with van der Waals surface area (Å²) in [5, 5.41) is 5.60. The van der Waals surface area contributed by atoms with Crippen LogP contribution in [0.5, 0.6) is 0 Å². The molecule has 2 rings (SSSR count). The molecule has 0 spiro atoms. The monoisotopic (exact) mass is 331 g/mol. The Morgan fingerprint density at radius 3 is 2.30 bits per heavy atom. The van der Waals surface area contributed by atoms with E-state index in [4.69, 9.17) is 11.6 Å². The summed E-state index contributed by atoms with van der Waals surface area (Å²) in [7, 11) is 0. The van der Waals surface area contributed by atoms with Gasteiger partial charge in [-0.3, -0.25) is 9.59 Å². The van der Waals surface area contributed by atoms with Gasteiger partial charge < -0.3 is 10.6 Å². The molecule has 2 aromatic rings. The van der Waals surface area contributed by atoms with E-state index in [1.54, 1.807) is 24.3 Å². The molecule has 23 heavy (non-hydrogen) atoms. The van der Waals surface area contributed by atoms with E-state index in [9.17, 15) is 9.59 Å². The topological polar surface area (TPSA) is 71.1 Å². The van der Waals surface area contributed by atoms with Crippen molar-refractivity contribution < 1.29 is 9.59 Å². The van der Waals surface area contributed by atoms with Gasteiger partial charge in [-0.05, 0) is 36.2 Å². The van der Waals surface area contributed by atoms with Crippen molar-refractivity contribution in [1.82, 2.24) is 15.6 Å². The van der Waals surface area contributed by atoms with Gasteiger partial charge in [0.2, 0.25) is 0 Å². The lowest BCUT2D eigenvalue weighted by molar-refractivity contribution is 0.0927. The SMILES string of the molecule is CCc1ccc(C(=O)NCCNC(=O)c2cccnc2Cl)cc1. The minimum absolute atomic E-state index is 0.157. The van der Waals surface area contributed by atoms with E-state index in [1.807, 2.05) is 12.1 Å². The standard InChI is InChI=1S/C17H18ClN3O2/c1-2-12-5-7-13(8-6-12)16(22)20-10-11-21-17(23)14-4-3-9-19-15(14)18/h3-9H,2,10-11H2,1H3,(H,20,22)(H,21,23). The number of benzene rings is 1. The lowest BCUT2D eigenvalue weighted by atomic mass is 10.1. The maximum atomic E-state index is 12.0. The zero-order valence-electron chi connectivity index (χ0n) is 12.8. The van der Waals surface area contributed by atoms with E-state index in [0.29, 0.717) is 24.2 Å². The number of amides is 2. The van der Waals surface area contributed by atoms with Gasteiger partial charge in [0.25, 0.3) is 11.8 Å². The summed E-state index contributed by atoms with van der Waals surface area (Å²) in [6, 6.07) is 10.7. The molecular formula is C17H18ClN3O2. The van der Waals surface area contributed by atoms with Crippen LogP contribution in [0, 0.1) is 0 Å². The van der Waals surface area contributed by atoms with Gasteiger partial charge in [-0.2, -0.15) is 0 Å². The number of hydrogen-bond acceptors (Lipinski definition) is 3. The smallest absolute Gasteiger partial charge is 0.254 e. The van der Waals surface area contributed by atoms with Crippen molar-refractivity contribution in [3.63, 3.8) is 0 Å². The highest BCUT2D eigenvalue weighted by molar-refractivity contribution is 6.32. The lowest BCUT2D eigenvalue weighted by Gasteiger charge is -2.08. The van der Waals surface area contributed by atoms with Crippen molar-refractivity contribution in [1.29, 1.82) is 0 Å². The molecule has 120 valence electrons. The molecule has 1 aromatic carbocycles. The maximum absolute atomic E-state index is 12.0. The zero-order chi connectivity index (χ0) is 16.7. The molecule has 0 aliphatic heterocycles. The fourth-order valence-electron chi connectivity index (χ4n) is 2.00. The Hall–Kier alpha value is -2.40. The summed E-state index contributed by atoms with van der Waals surface area (Å²) < 4.78 is 0. The Balaban J connectivity index is 1.77. The first-order chi connectivity index (χ1) is 11.1. The number of halogens is 1. The number of aromatic nitrogens is 1. The van der Waals surface area contributed by atoms with Gasteiger partial charge >= 0.3 is 0 Å². The molecule has 0 saturated heterocycles. The van der Waals surface area contributed by atoms with Crippen LogP contribution in [0.3, 0.4) is 0 Å². The quantitative estimate of drug-likeness (QED) is 0.631. The molecule has 0 radical (unpaired) electrons. The van der Waals surface area contributed by atoms with E-state index in [1.165, 1.54) is 11.8 Å². The molecule has 0 saturated carbocycles. The van der Waals surface area contributed by atoms with E-state index in [0.717, 1.165) is 6.42 Å². The molecule has 0 aliphatic carbocycles. The first-order valence-corrected chi connectivity index (χ1v) is 7.75. The van der Waals surface area contributed by atoms with Crippen LogP contribution in [0.1, 0.15) is 33.2 Å². The number of carbonyl (C=O) groups is 2. The molecule has 1 aromatic heterocycles. The summed E-state index contributed by atoms with van der Waals surface area (Å²) in [4.78, 5) is 27.7. The average molecular weight is 332 g/mol. The Labute approximate surface area is 140 Å². The Morgan fingerprint density at radius 2 is 1.70 bits per heavy atom. The van der Waals surface area contributed by atoms with Crippen molar-refractivity contribution in [2.75, 3.05) is 13.1 Å². The molecule has 2 amide bonds. The third-order valence-corrected chi connectivity index (χ3v) is 3.63. The second kappa shape index (κ2) is 8.29. The average Bonchev–Trinajstić information content (AvgIpc) is 2.58. The fraction of sp³-hybridized carbons (Fsp3) is 0.235. The molecule has 2 N–H and O–H groups in total. The predicted octanol–water partition coefficient (Wildman–Crippen LogP) is 2.46. The molecule has 0 fully saturated rings. The molecule has 1 heterocycles. The molecule has 0 atom stereocenters. The first kappa shape index (κ1) is 17.0. The highest BCUT2D eigenvalue weighted by atomic mass is 35.5. The number of carbonyl (C=O) groups excluding carboxylic acids is 2. The van der Waals surface area contributed by atoms with Gasteiger partial charge in [-0.25, -0.2) is 4.98 Å². The van der Waals surface area contributed by atoms with E-state index in [-0.39, 0.29) is 17.0 Å². The van der Waals surface area contributed by atoms with E-state index in [2.05, 4.69) is 22.5 Å². The minimum atomic E-state index is -0.315. The largest absolute Gasteiger partial charge is 0.350 e. The predicted molar refractivity (Wildman–Crippen MR) is 89.7 cm³/mol. The van der Waals surface area contributed by atoms with Gasteiger partial charge in [0.15, 0.2) is 0 Å². The van der Waals surface area contributed by atoms with Crippen LogP contribution in [-0.4, -0.2) is 29.9 Å². The van der Waals surface area contributed by atoms with Crippen molar-refractivity contribution in [2.24, 2.45) is 0 Å². The first-order valence-electron chi connectivity index (χ1n) is 7.37. The number of rotatable bonds is 6. The van der Waals surface area contributed by atoms with Crippen molar-refractivity contribution >= 4 is 23.4 Å². The number of hydrogen-bond donors (Lipinski definition) is 2. The number of aryl methyl sites for hydroxylation is 1. The number of nitrogens with one attached hydrogen (secondary N) is 2. The summed E-state index contributed by atoms with van der Waals surface area (Å²) >= 11 is 5.85. The Bertz CT molecular complexity index is 686. The summed E-state index contributed by atoms with van der Waals surface area (Å²) in [5.74, 6) is -0.481. The van der Waals surface area contributed by atoms with E-state index < -0.39 is 0 Å². The highest BCUT2D eigenvalue weighted by Crippen LogP contribution is 2.10. The van der Waals surface area contributed by atoms with Crippen LogP contribution in [0.2, 0.25) is 5.15 Å². The van der Waals surface area contributed by atoms with Crippen LogP contribution in [0.15, 0.2) is 42.6 Å². The molecule has 0 aliphatic rings. The fourth-order valence-corrected chi connectivity index (χ4v) is 2.20. The third kappa shape index (κ3) is 4.79. The molecular weight excluding hydrogens is 314 g/mol. The summed E-state index contributed by atoms with van der Waals surface area (Å²) in [6.07, 6.45) is 2.45. The van der Waals surface area contributed by atoms with Crippen molar-refractivity contribution in [3.05, 3.63) is 64.4 Å². The van der Waals surface area contributed by atoms with Crippen LogP contribution in [0.4, 0.5) is 0 Å². The number of nitrogens with zero attached hydrogens (tertiary/aromatic N) is 1.